The van der Waals surface area contributed by atoms with Gasteiger partial charge in [0.15, 0.2) is 0 Å². The number of carbonyl (C=O) groups is 1. The minimum atomic E-state index is -0.235. The van der Waals surface area contributed by atoms with Gasteiger partial charge in [-0.2, -0.15) is 5.26 Å². The monoisotopic (exact) mass is 218 g/mol. The van der Waals surface area contributed by atoms with E-state index in [1.165, 1.54) is 7.11 Å². The third-order valence-corrected chi connectivity index (χ3v) is 2.23. The van der Waals surface area contributed by atoms with Crippen molar-refractivity contribution in [2.24, 2.45) is 5.92 Å². The number of esters is 1. The van der Waals surface area contributed by atoms with Crippen LogP contribution in [0.15, 0.2) is 24.3 Å². The molecule has 1 aromatic carbocycles. The number of benzene rings is 1. The van der Waals surface area contributed by atoms with E-state index < -0.39 is 0 Å². The summed E-state index contributed by atoms with van der Waals surface area (Å²) in [5.74, 6) is -0.429. The maximum absolute atomic E-state index is 11.1. The fourth-order valence-electron chi connectivity index (χ4n) is 1.22. The number of nitrogens with one attached hydrogen (secondary N) is 1. The number of hydrogen-bond acceptors (Lipinski definition) is 4. The lowest BCUT2D eigenvalue weighted by Gasteiger charge is -2.11. The second-order valence-electron chi connectivity index (χ2n) is 3.49. The molecule has 1 rings (SSSR count). The van der Waals surface area contributed by atoms with Crippen molar-refractivity contribution >= 4 is 11.7 Å². The highest BCUT2D eigenvalue weighted by atomic mass is 16.5. The molecule has 0 aromatic heterocycles. The van der Waals surface area contributed by atoms with Crippen molar-refractivity contribution in [3.63, 3.8) is 0 Å². The van der Waals surface area contributed by atoms with Gasteiger partial charge in [-0.15, -0.1) is 0 Å². The molecule has 0 saturated heterocycles. The van der Waals surface area contributed by atoms with Crippen molar-refractivity contribution in [2.75, 3.05) is 19.0 Å². The lowest BCUT2D eigenvalue weighted by Crippen LogP contribution is -2.21. The lowest BCUT2D eigenvalue weighted by atomic mass is 10.1. The lowest BCUT2D eigenvalue weighted by molar-refractivity contribution is -0.144. The molecule has 0 aliphatic heterocycles. The van der Waals surface area contributed by atoms with Crippen LogP contribution in [0.3, 0.4) is 0 Å². The molecule has 0 saturated carbocycles. The minimum Gasteiger partial charge on any atom is -0.469 e. The molecule has 1 N–H and O–H groups in total. The molecule has 84 valence electrons. The predicted octanol–water partition coefficient (Wildman–Crippen LogP) is 1.78. The number of carbonyl (C=O) groups excluding carboxylic acids is 1. The summed E-state index contributed by atoms with van der Waals surface area (Å²) in [5.41, 5.74) is 1.50. The van der Waals surface area contributed by atoms with Gasteiger partial charge in [0.25, 0.3) is 0 Å². The molecular formula is C12H14N2O2. The fourth-order valence-corrected chi connectivity index (χ4v) is 1.22. The molecule has 0 amide bonds. The molecule has 1 aromatic rings. The summed E-state index contributed by atoms with van der Waals surface area (Å²) in [6, 6.07) is 9.12. The maximum Gasteiger partial charge on any atom is 0.310 e. The van der Waals surface area contributed by atoms with Gasteiger partial charge in [-0.3, -0.25) is 4.79 Å². The quantitative estimate of drug-likeness (QED) is 0.782. The summed E-state index contributed by atoms with van der Waals surface area (Å²) in [6.45, 7) is 2.31. The summed E-state index contributed by atoms with van der Waals surface area (Å²) < 4.78 is 4.61. The highest BCUT2D eigenvalue weighted by Crippen LogP contribution is 2.09. The zero-order chi connectivity index (χ0) is 12.0. The molecule has 1 atom stereocenters. The van der Waals surface area contributed by atoms with Gasteiger partial charge in [-0.25, -0.2) is 0 Å². The third-order valence-electron chi connectivity index (χ3n) is 2.23. The molecule has 0 aliphatic rings. The molecular weight excluding hydrogens is 204 g/mol. The van der Waals surface area contributed by atoms with Crippen molar-refractivity contribution in [1.29, 1.82) is 5.26 Å². The van der Waals surface area contributed by atoms with Gasteiger partial charge < -0.3 is 10.1 Å². The van der Waals surface area contributed by atoms with Crippen molar-refractivity contribution in [3.05, 3.63) is 29.8 Å². The van der Waals surface area contributed by atoms with Gasteiger partial charge in [0.05, 0.1) is 24.7 Å². The van der Waals surface area contributed by atoms with Gasteiger partial charge >= 0.3 is 5.97 Å². The molecule has 4 heteroatoms. The molecule has 0 fully saturated rings. The molecule has 0 bridgehead atoms. The Morgan fingerprint density at radius 2 is 2.12 bits per heavy atom. The number of nitrogens with zero attached hydrogens (tertiary/aromatic N) is 1. The molecule has 16 heavy (non-hydrogen) atoms. The molecule has 4 nitrogen and oxygen atoms in total. The van der Waals surface area contributed by atoms with Crippen molar-refractivity contribution in [1.82, 2.24) is 0 Å². The van der Waals surface area contributed by atoms with E-state index in [0.29, 0.717) is 12.1 Å². The van der Waals surface area contributed by atoms with Crippen LogP contribution in [0, 0.1) is 17.2 Å². The average Bonchev–Trinajstić information content (AvgIpc) is 2.35. The normalized spacial score (nSPS) is 11.3. The van der Waals surface area contributed by atoms with Crippen LogP contribution in [0.4, 0.5) is 5.69 Å². The molecule has 1 unspecified atom stereocenters. The van der Waals surface area contributed by atoms with Crippen LogP contribution >= 0.6 is 0 Å². The number of methoxy groups -OCH3 is 1. The van der Waals surface area contributed by atoms with Crippen LogP contribution in [0.1, 0.15) is 12.5 Å². The van der Waals surface area contributed by atoms with E-state index in [1.54, 1.807) is 19.1 Å². The highest BCUT2D eigenvalue weighted by molar-refractivity contribution is 5.72. The molecule has 0 radical (unpaired) electrons. The Labute approximate surface area is 94.8 Å². The van der Waals surface area contributed by atoms with Crippen LogP contribution in [0.5, 0.6) is 0 Å². The molecule has 0 spiro atoms. The zero-order valence-corrected chi connectivity index (χ0v) is 9.36. The Morgan fingerprint density at radius 1 is 1.50 bits per heavy atom. The Bertz CT molecular complexity index is 392. The SMILES string of the molecule is COC(=O)C(C)CNc1ccc(C#N)cc1. The van der Waals surface area contributed by atoms with Gasteiger partial charge in [0.1, 0.15) is 0 Å². The molecule has 0 heterocycles. The Balaban J connectivity index is 2.49. The van der Waals surface area contributed by atoms with Gasteiger partial charge in [0.2, 0.25) is 0 Å². The first kappa shape index (κ1) is 12.1. The van der Waals surface area contributed by atoms with E-state index in [0.717, 1.165) is 5.69 Å². The fraction of sp³-hybridized carbons (Fsp3) is 0.333. The van der Waals surface area contributed by atoms with E-state index in [-0.39, 0.29) is 11.9 Å². The van der Waals surface area contributed by atoms with E-state index in [4.69, 9.17) is 5.26 Å². The van der Waals surface area contributed by atoms with Crippen molar-refractivity contribution in [3.8, 4) is 6.07 Å². The Hall–Kier alpha value is -2.02. The second-order valence-corrected chi connectivity index (χ2v) is 3.49. The number of anilines is 1. The van der Waals surface area contributed by atoms with Crippen LogP contribution < -0.4 is 5.32 Å². The van der Waals surface area contributed by atoms with E-state index in [2.05, 4.69) is 10.1 Å². The third kappa shape index (κ3) is 3.28. The number of ether oxygens (including phenoxy) is 1. The van der Waals surface area contributed by atoms with E-state index in [9.17, 15) is 4.79 Å². The van der Waals surface area contributed by atoms with Crippen LogP contribution in [-0.2, 0) is 9.53 Å². The summed E-state index contributed by atoms with van der Waals surface area (Å²) in [4.78, 5) is 11.1. The van der Waals surface area contributed by atoms with Crippen LogP contribution in [0.25, 0.3) is 0 Å². The van der Waals surface area contributed by atoms with Crippen LogP contribution in [0.2, 0.25) is 0 Å². The molecule has 0 aliphatic carbocycles. The first-order valence-corrected chi connectivity index (χ1v) is 4.99. The van der Waals surface area contributed by atoms with Gasteiger partial charge in [-0.1, -0.05) is 6.92 Å². The number of nitriles is 1. The smallest absolute Gasteiger partial charge is 0.310 e. The van der Waals surface area contributed by atoms with Crippen molar-refractivity contribution < 1.29 is 9.53 Å². The van der Waals surface area contributed by atoms with E-state index >= 15 is 0 Å². The second kappa shape index (κ2) is 5.76. The largest absolute Gasteiger partial charge is 0.469 e. The maximum atomic E-state index is 11.1. The number of rotatable bonds is 4. The highest BCUT2D eigenvalue weighted by Gasteiger charge is 2.11. The standard InChI is InChI=1S/C12H14N2O2/c1-9(12(15)16-2)8-14-11-5-3-10(7-13)4-6-11/h3-6,9,14H,8H2,1-2H3. The summed E-state index contributed by atoms with van der Waals surface area (Å²) in [6.07, 6.45) is 0. The topological polar surface area (TPSA) is 62.1 Å². The average molecular weight is 218 g/mol. The predicted molar refractivity (Wildman–Crippen MR) is 60.8 cm³/mol. The van der Waals surface area contributed by atoms with Gasteiger partial charge in [-0.05, 0) is 24.3 Å². The first-order valence-electron chi connectivity index (χ1n) is 4.99. The minimum absolute atomic E-state index is 0.194. The van der Waals surface area contributed by atoms with Crippen LogP contribution in [-0.4, -0.2) is 19.6 Å². The summed E-state index contributed by atoms with van der Waals surface area (Å²) in [7, 11) is 1.38. The summed E-state index contributed by atoms with van der Waals surface area (Å²) >= 11 is 0. The van der Waals surface area contributed by atoms with Crippen molar-refractivity contribution in [2.45, 2.75) is 6.92 Å². The summed E-state index contributed by atoms with van der Waals surface area (Å²) in [5, 5.41) is 11.7. The van der Waals surface area contributed by atoms with E-state index in [1.807, 2.05) is 18.2 Å². The Morgan fingerprint density at radius 3 is 2.62 bits per heavy atom. The zero-order valence-electron chi connectivity index (χ0n) is 9.36. The first-order chi connectivity index (χ1) is 7.67. The van der Waals surface area contributed by atoms with Gasteiger partial charge in [0, 0.05) is 12.2 Å². The number of hydrogen-bond donors (Lipinski definition) is 1. The Kier molecular flexibility index (Phi) is 4.34.